The molecular formula is C16H18N2. The number of aromatic amines is 1. The van der Waals surface area contributed by atoms with E-state index in [1.165, 1.54) is 24.0 Å². The molecule has 1 heterocycles. The highest BCUT2D eigenvalue weighted by atomic mass is 14.9. The van der Waals surface area contributed by atoms with Gasteiger partial charge in [-0.2, -0.15) is 0 Å². The number of fused-ring (bicyclic) bond motifs is 3. The van der Waals surface area contributed by atoms with E-state index < -0.39 is 0 Å². The molecule has 2 aliphatic carbocycles. The zero-order valence-electron chi connectivity index (χ0n) is 10.9. The van der Waals surface area contributed by atoms with Crippen molar-refractivity contribution >= 4 is 0 Å². The van der Waals surface area contributed by atoms with Crippen LogP contribution in [0.4, 0.5) is 0 Å². The molecule has 2 aliphatic rings. The fourth-order valence-corrected chi connectivity index (χ4v) is 3.71. The number of hydrogen-bond donors (Lipinski definition) is 1. The van der Waals surface area contributed by atoms with E-state index in [0.717, 1.165) is 17.5 Å². The first-order chi connectivity index (χ1) is 8.75. The third-order valence-corrected chi connectivity index (χ3v) is 4.80. The quantitative estimate of drug-likeness (QED) is 0.852. The maximum Gasteiger partial charge on any atom is 0.0923 e. The number of nitrogens with zero attached hydrogens (tertiary/aromatic N) is 1. The van der Waals surface area contributed by atoms with Crippen LogP contribution in [0.1, 0.15) is 53.1 Å². The second kappa shape index (κ2) is 3.47. The molecule has 1 fully saturated rings. The molecule has 0 radical (unpaired) electrons. The Morgan fingerprint density at radius 3 is 3.06 bits per heavy atom. The number of nitrogens with one attached hydrogen (secondary N) is 1. The molecule has 1 saturated carbocycles. The normalized spacial score (nSPS) is 25.7. The summed E-state index contributed by atoms with van der Waals surface area (Å²) in [4.78, 5) is 7.48. The molecule has 0 spiro atoms. The Morgan fingerprint density at radius 1 is 1.39 bits per heavy atom. The molecule has 1 aromatic carbocycles. The Morgan fingerprint density at radius 2 is 2.28 bits per heavy atom. The molecule has 92 valence electrons. The lowest BCUT2D eigenvalue weighted by atomic mass is 9.88. The van der Waals surface area contributed by atoms with Crippen molar-refractivity contribution in [2.75, 3.05) is 0 Å². The SMILES string of the molecule is Cc1ccc(C(C)c2c[nH]cn2)c2c1C1CC1C2. The van der Waals surface area contributed by atoms with Crippen LogP contribution in [0.5, 0.6) is 0 Å². The molecule has 18 heavy (non-hydrogen) atoms. The fraction of sp³-hybridized carbons (Fsp3) is 0.438. The predicted molar refractivity (Wildman–Crippen MR) is 71.8 cm³/mol. The minimum absolute atomic E-state index is 0.406. The van der Waals surface area contributed by atoms with Gasteiger partial charge in [-0.25, -0.2) is 4.98 Å². The Balaban J connectivity index is 1.83. The summed E-state index contributed by atoms with van der Waals surface area (Å²) in [6, 6.07) is 4.62. The summed E-state index contributed by atoms with van der Waals surface area (Å²) < 4.78 is 0. The van der Waals surface area contributed by atoms with Gasteiger partial charge in [0.15, 0.2) is 0 Å². The standard InChI is InChI=1S/C16H18N2/c1-9-3-4-12(10(2)15-7-17-8-18-15)14-6-11-5-13(11)16(9)14/h3-4,7-8,10-11,13H,5-6H2,1-2H3,(H,17,18). The first kappa shape index (κ1) is 10.4. The number of aromatic nitrogens is 2. The van der Waals surface area contributed by atoms with E-state index in [1.54, 1.807) is 17.5 Å². The number of rotatable bonds is 2. The van der Waals surface area contributed by atoms with Gasteiger partial charge in [0.1, 0.15) is 0 Å². The number of aryl methyl sites for hydroxylation is 1. The Kier molecular flexibility index (Phi) is 2.00. The molecule has 1 aromatic heterocycles. The van der Waals surface area contributed by atoms with Crippen LogP contribution in [0, 0.1) is 12.8 Å². The van der Waals surface area contributed by atoms with Crippen LogP contribution in [-0.2, 0) is 6.42 Å². The highest BCUT2D eigenvalue weighted by molar-refractivity contribution is 5.52. The second-order valence-electron chi connectivity index (χ2n) is 5.89. The molecule has 1 N–H and O–H groups in total. The van der Waals surface area contributed by atoms with Crippen LogP contribution in [0.25, 0.3) is 0 Å². The first-order valence-corrected chi connectivity index (χ1v) is 6.86. The summed E-state index contributed by atoms with van der Waals surface area (Å²) in [7, 11) is 0. The minimum atomic E-state index is 0.406. The molecule has 4 rings (SSSR count). The van der Waals surface area contributed by atoms with E-state index in [9.17, 15) is 0 Å². The van der Waals surface area contributed by atoms with Crippen LogP contribution in [0.2, 0.25) is 0 Å². The van der Waals surface area contributed by atoms with Gasteiger partial charge in [0, 0.05) is 12.1 Å². The Labute approximate surface area is 107 Å². The average molecular weight is 238 g/mol. The maximum atomic E-state index is 4.42. The van der Waals surface area contributed by atoms with Gasteiger partial charge < -0.3 is 4.98 Å². The zero-order valence-corrected chi connectivity index (χ0v) is 10.9. The van der Waals surface area contributed by atoms with E-state index in [-0.39, 0.29) is 0 Å². The van der Waals surface area contributed by atoms with Gasteiger partial charge in [-0.1, -0.05) is 19.1 Å². The number of benzene rings is 1. The summed E-state index contributed by atoms with van der Waals surface area (Å²) >= 11 is 0. The van der Waals surface area contributed by atoms with Crippen molar-refractivity contribution in [3.63, 3.8) is 0 Å². The van der Waals surface area contributed by atoms with E-state index >= 15 is 0 Å². The third kappa shape index (κ3) is 1.32. The third-order valence-electron chi connectivity index (χ3n) is 4.80. The predicted octanol–water partition coefficient (Wildman–Crippen LogP) is 3.53. The van der Waals surface area contributed by atoms with E-state index in [1.807, 2.05) is 6.20 Å². The molecular weight excluding hydrogens is 220 g/mol. The number of H-pyrrole nitrogens is 1. The topological polar surface area (TPSA) is 28.7 Å². The van der Waals surface area contributed by atoms with Crippen LogP contribution in [0.15, 0.2) is 24.7 Å². The summed E-state index contributed by atoms with van der Waals surface area (Å²) in [6.45, 7) is 4.54. The Bertz CT molecular complexity index is 598. The lowest BCUT2D eigenvalue weighted by molar-refractivity contribution is 0.816. The van der Waals surface area contributed by atoms with Crippen LogP contribution < -0.4 is 0 Å². The van der Waals surface area contributed by atoms with Gasteiger partial charge in [0.2, 0.25) is 0 Å². The van der Waals surface area contributed by atoms with Crippen molar-refractivity contribution in [3.05, 3.63) is 52.6 Å². The van der Waals surface area contributed by atoms with Crippen molar-refractivity contribution in [1.29, 1.82) is 0 Å². The van der Waals surface area contributed by atoms with Crippen molar-refractivity contribution in [3.8, 4) is 0 Å². The zero-order chi connectivity index (χ0) is 12.3. The highest BCUT2D eigenvalue weighted by Gasteiger charge is 2.46. The molecule has 3 unspecified atom stereocenters. The van der Waals surface area contributed by atoms with Crippen molar-refractivity contribution < 1.29 is 0 Å². The molecule has 2 aromatic rings. The van der Waals surface area contributed by atoms with Gasteiger partial charge in [0.05, 0.1) is 12.0 Å². The lowest BCUT2D eigenvalue weighted by Gasteiger charge is -2.17. The summed E-state index contributed by atoms with van der Waals surface area (Å²) in [5.41, 5.74) is 7.44. The summed E-state index contributed by atoms with van der Waals surface area (Å²) in [6.07, 6.45) is 6.52. The average Bonchev–Trinajstić information content (AvgIpc) is 2.83. The van der Waals surface area contributed by atoms with Crippen LogP contribution in [-0.4, -0.2) is 9.97 Å². The fourth-order valence-electron chi connectivity index (χ4n) is 3.71. The first-order valence-electron chi connectivity index (χ1n) is 6.86. The second-order valence-corrected chi connectivity index (χ2v) is 5.89. The highest BCUT2D eigenvalue weighted by Crippen LogP contribution is 2.58. The van der Waals surface area contributed by atoms with Crippen LogP contribution in [0.3, 0.4) is 0 Å². The van der Waals surface area contributed by atoms with E-state index in [4.69, 9.17) is 0 Å². The molecule has 2 heteroatoms. The summed E-state index contributed by atoms with van der Waals surface area (Å²) in [5, 5.41) is 0. The molecule has 2 nitrogen and oxygen atoms in total. The largest absolute Gasteiger partial charge is 0.351 e. The van der Waals surface area contributed by atoms with E-state index in [2.05, 4.69) is 35.9 Å². The van der Waals surface area contributed by atoms with Crippen molar-refractivity contribution in [1.82, 2.24) is 9.97 Å². The van der Waals surface area contributed by atoms with Gasteiger partial charge in [-0.05, 0) is 53.9 Å². The van der Waals surface area contributed by atoms with E-state index in [0.29, 0.717) is 5.92 Å². The molecule has 0 aliphatic heterocycles. The smallest absolute Gasteiger partial charge is 0.0923 e. The lowest BCUT2D eigenvalue weighted by Crippen LogP contribution is -2.04. The van der Waals surface area contributed by atoms with Gasteiger partial charge >= 0.3 is 0 Å². The molecule has 0 amide bonds. The summed E-state index contributed by atoms with van der Waals surface area (Å²) in [5.74, 6) is 2.24. The van der Waals surface area contributed by atoms with Gasteiger partial charge in [0.25, 0.3) is 0 Å². The maximum absolute atomic E-state index is 4.42. The van der Waals surface area contributed by atoms with Gasteiger partial charge in [-0.3, -0.25) is 0 Å². The Hall–Kier alpha value is -1.57. The van der Waals surface area contributed by atoms with Crippen LogP contribution >= 0.6 is 0 Å². The number of imidazole rings is 1. The molecule has 0 saturated heterocycles. The number of hydrogen-bond acceptors (Lipinski definition) is 1. The minimum Gasteiger partial charge on any atom is -0.351 e. The molecule has 0 bridgehead atoms. The van der Waals surface area contributed by atoms with Gasteiger partial charge in [-0.15, -0.1) is 0 Å². The molecule has 3 atom stereocenters. The van der Waals surface area contributed by atoms with Crippen molar-refractivity contribution in [2.45, 2.75) is 38.5 Å². The van der Waals surface area contributed by atoms with Crippen molar-refractivity contribution in [2.24, 2.45) is 5.92 Å². The monoisotopic (exact) mass is 238 g/mol.